The molecule has 2 aliphatic rings. The molecule has 2 rings (SSSR count). The maximum atomic E-state index is 6.91. The molecule has 2 N–H and O–H groups in total. The van der Waals surface area contributed by atoms with Gasteiger partial charge in [0.25, 0.3) is 0 Å². The van der Waals surface area contributed by atoms with Crippen LogP contribution in [0.4, 0.5) is 0 Å². The number of fused-ring (bicyclic) bond motifs is 1. The molecule has 1 heterocycles. The highest BCUT2D eigenvalue weighted by molar-refractivity contribution is 4.99. The normalized spacial score (nSPS) is 22.4. The van der Waals surface area contributed by atoms with Crippen LogP contribution in [0.5, 0.6) is 0 Å². The third-order valence-corrected chi connectivity index (χ3v) is 10.9. The topological polar surface area (TPSA) is 42.5 Å². The number of hydrogen-bond acceptors (Lipinski definition) is 4. The first-order valence-corrected chi connectivity index (χ1v) is 21.5. The molecule has 0 spiro atoms. The predicted octanol–water partition coefficient (Wildman–Crippen LogP) is 12.8. The molecule has 4 atom stereocenters. The summed E-state index contributed by atoms with van der Waals surface area (Å²) in [6, 6.07) is 0.906. The van der Waals surface area contributed by atoms with Crippen molar-refractivity contribution in [2.75, 3.05) is 14.1 Å². The van der Waals surface area contributed by atoms with Crippen molar-refractivity contribution in [1.29, 1.82) is 0 Å². The molecule has 1 saturated heterocycles. The average molecular weight is 683 g/mol. The molecule has 0 aromatic rings. The second kappa shape index (κ2) is 30.4. The summed E-state index contributed by atoms with van der Waals surface area (Å²) in [5.74, 6) is -0.360. The van der Waals surface area contributed by atoms with E-state index in [0.29, 0.717) is 12.1 Å². The van der Waals surface area contributed by atoms with Crippen LogP contribution in [0.1, 0.15) is 194 Å². The summed E-state index contributed by atoms with van der Waals surface area (Å²) >= 11 is 0. The number of rotatable bonds is 32. The highest BCUT2D eigenvalue weighted by atomic mass is 16.8. The van der Waals surface area contributed by atoms with E-state index >= 15 is 0 Å². The molecule has 0 radical (unpaired) electrons. The number of nitrogens with one attached hydrogen (secondary N) is 2. The van der Waals surface area contributed by atoms with Crippen LogP contribution in [-0.4, -0.2) is 44.2 Å². The molecule has 284 valence electrons. The van der Waals surface area contributed by atoms with Crippen molar-refractivity contribution in [3.8, 4) is 0 Å². The lowest BCUT2D eigenvalue weighted by molar-refractivity contribution is -0.186. The maximum Gasteiger partial charge on any atom is 0.169 e. The summed E-state index contributed by atoms with van der Waals surface area (Å²) in [6.07, 6.45) is 54.4. The summed E-state index contributed by atoms with van der Waals surface area (Å²) in [6.45, 7) is 4.54. The van der Waals surface area contributed by atoms with Crippen LogP contribution in [0.2, 0.25) is 0 Å². The van der Waals surface area contributed by atoms with Crippen molar-refractivity contribution in [3.05, 3.63) is 48.6 Å². The lowest BCUT2D eigenvalue weighted by Gasteiger charge is -2.36. The van der Waals surface area contributed by atoms with Crippen LogP contribution in [0.15, 0.2) is 48.6 Å². The molecule has 0 bridgehead atoms. The minimum Gasteiger partial charge on any atom is -0.344 e. The van der Waals surface area contributed by atoms with Gasteiger partial charge in [0.05, 0.1) is 12.2 Å². The molecule has 2 fully saturated rings. The van der Waals surface area contributed by atoms with Crippen molar-refractivity contribution in [3.63, 3.8) is 0 Å². The Bertz CT molecular complexity index is 794. The zero-order valence-electron chi connectivity index (χ0n) is 33.0. The van der Waals surface area contributed by atoms with Gasteiger partial charge < -0.3 is 20.1 Å². The van der Waals surface area contributed by atoms with E-state index in [1.54, 1.807) is 0 Å². The van der Waals surface area contributed by atoms with E-state index in [1.165, 1.54) is 141 Å². The molecular formula is C45H82N2O2. The minimum atomic E-state index is -0.360. The SMILES string of the molecule is CCCCC/C=C\C/C=C\CCCCCCCCC1(CCCCCCCC/C=C\C/C=C\CCCCC)O[C@H]2C[C@H](NC)[C@H](NC)C[C@@H]2O1. The first-order chi connectivity index (χ1) is 24.2. The largest absolute Gasteiger partial charge is 0.344 e. The number of unbranched alkanes of at least 4 members (excludes halogenated alkanes) is 18. The van der Waals surface area contributed by atoms with Gasteiger partial charge in [-0.2, -0.15) is 0 Å². The fraction of sp³-hybridized carbons (Fsp3) is 0.822. The van der Waals surface area contributed by atoms with Crippen LogP contribution >= 0.6 is 0 Å². The monoisotopic (exact) mass is 683 g/mol. The molecule has 1 aliphatic carbocycles. The molecular weight excluding hydrogens is 601 g/mol. The first kappa shape index (κ1) is 44.0. The lowest BCUT2D eigenvalue weighted by atomic mass is 9.86. The maximum absolute atomic E-state index is 6.91. The quantitative estimate of drug-likeness (QED) is 0.0547. The molecule has 0 aromatic heterocycles. The van der Waals surface area contributed by atoms with E-state index in [1.807, 2.05) is 0 Å². The Labute approximate surface area is 305 Å². The Morgan fingerprint density at radius 1 is 0.449 bits per heavy atom. The molecule has 0 aromatic carbocycles. The van der Waals surface area contributed by atoms with Gasteiger partial charge in [0.2, 0.25) is 0 Å². The van der Waals surface area contributed by atoms with Gasteiger partial charge in [-0.3, -0.25) is 0 Å². The number of likely N-dealkylation sites (N-methyl/N-ethyl adjacent to an activating group) is 2. The Hall–Kier alpha value is -1.20. The standard InChI is InChI=1S/C45H82N2O2/c1-5-7-9-11-13-15-17-19-21-23-25-27-29-31-33-35-37-45(48-43-39-41(46-3)42(47-4)40-44(43)49-45)38-36-34-32-30-28-26-24-22-20-18-16-14-12-10-8-6-2/h13-16,19-22,41-44,46-47H,5-12,17-18,23-40H2,1-4H3/b15-13-,16-14-,21-19-,22-20-/t41-,42+,43-,44-/m0/s1. The predicted molar refractivity (Wildman–Crippen MR) is 215 cm³/mol. The fourth-order valence-corrected chi connectivity index (χ4v) is 7.72. The second-order valence-electron chi connectivity index (χ2n) is 15.2. The van der Waals surface area contributed by atoms with Gasteiger partial charge in [0.15, 0.2) is 5.79 Å². The van der Waals surface area contributed by atoms with E-state index < -0.39 is 0 Å². The summed E-state index contributed by atoms with van der Waals surface area (Å²) in [5, 5.41) is 7.07. The summed E-state index contributed by atoms with van der Waals surface area (Å²) < 4.78 is 13.8. The van der Waals surface area contributed by atoms with Crippen LogP contribution in [-0.2, 0) is 9.47 Å². The van der Waals surface area contributed by atoms with Crippen molar-refractivity contribution < 1.29 is 9.47 Å². The van der Waals surface area contributed by atoms with Crippen molar-refractivity contribution in [2.45, 2.75) is 224 Å². The molecule has 4 nitrogen and oxygen atoms in total. The number of ether oxygens (including phenoxy) is 2. The lowest BCUT2D eigenvalue weighted by Crippen LogP contribution is -2.54. The van der Waals surface area contributed by atoms with Crippen molar-refractivity contribution in [2.24, 2.45) is 0 Å². The van der Waals surface area contributed by atoms with Crippen LogP contribution in [0.25, 0.3) is 0 Å². The average Bonchev–Trinajstić information content (AvgIpc) is 3.47. The zero-order chi connectivity index (χ0) is 35.1. The Morgan fingerprint density at radius 3 is 1.12 bits per heavy atom. The fourth-order valence-electron chi connectivity index (χ4n) is 7.72. The van der Waals surface area contributed by atoms with Gasteiger partial charge in [0.1, 0.15) is 0 Å². The smallest absolute Gasteiger partial charge is 0.169 e. The van der Waals surface area contributed by atoms with E-state index in [-0.39, 0.29) is 18.0 Å². The summed E-state index contributed by atoms with van der Waals surface area (Å²) in [5.41, 5.74) is 0. The van der Waals surface area contributed by atoms with Crippen molar-refractivity contribution >= 4 is 0 Å². The molecule has 49 heavy (non-hydrogen) atoms. The Morgan fingerprint density at radius 2 is 0.776 bits per heavy atom. The molecule has 0 unspecified atom stereocenters. The molecule has 1 aliphatic heterocycles. The summed E-state index contributed by atoms with van der Waals surface area (Å²) in [7, 11) is 4.18. The molecule has 4 heteroatoms. The van der Waals surface area contributed by atoms with E-state index in [2.05, 4.69) is 87.2 Å². The van der Waals surface area contributed by atoms with E-state index in [0.717, 1.165) is 38.5 Å². The Balaban J connectivity index is 1.62. The first-order valence-electron chi connectivity index (χ1n) is 21.5. The van der Waals surface area contributed by atoms with Gasteiger partial charge in [-0.05, 0) is 104 Å². The molecule has 1 saturated carbocycles. The van der Waals surface area contributed by atoms with Gasteiger partial charge >= 0.3 is 0 Å². The van der Waals surface area contributed by atoms with Crippen LogP contribution in [0.3, 0.4) is 0 Å². The highest BCUT2D eigenvalue weighted by Crippen LogP contribution is 2.43. The van der Waals surface area contributed by atoms with Gasteiger partial charge in [-0.25, -0.2) is 0 Å². The third kappa shape index (κ3) is 21.0. The van der Waals surface area contributed by atoms with Gasteiger partial charge in [0, 0.05) is 24.9 Å². The second-order valence-corrected chi connectivity index (χ2v) is 15.2. The third-order valence-electron chi connectivity index (χ3n) is 10.9. The highest BCUT2D eigenvalue weighted by Gasteiger charge is 2.50. The van der Waals surface area contributed by atoms with Gasteiger partial charge in [-0.1, -0.05) is 140 Å². The minimum absolute atomic E-state index is 0.233. The van der Waals surface area contributed by atoms with E-state index in [4.69, 9.17) is 9.47 Å². The number of hydrogen-bond donors (Lipinski definition) is 2. The summed E-state index contributed by atoms with van der Waals surface area (Å²) in [4.78, 5) is 0. The van der Waals surface area contributed by atoms with E-state index in [9.17, 15) is 0 Å². The van der Waals surface area contributed by atoms with Gasteiger partial charge in [-0.15, -0.1) is 0 Å². The Kier molecular flexibility index (Phi) is 27.3. The van der Waals surface area contributed by atoms with Crippen LogP contribution in [0, 0.1) is 0 Å². The zero-order valence-corrected chi connectivity index (χ0v) is 33.0. The number of allylic oxidation sites excluding steroid dienone is 8. The van der Waals surface area contributed by atoms with Crippen LogP contribution < -0.4 is 10.6 Å². The van der Waals surface area contributed by atoms with Crippen molar-refractivity contribution in [1.82, 2.24) is 10.6 Å². The molecule has 0 amide bonds.